The number of piperidine rings is 1. The molecule has 0 amide bonds. The molecule has 0 aliphatic carbocycles. The van der Waals surface area contributed by atoms with E-state index < -0.39 is 17.7 Å². The first-order valence-corrected chi connectivity index (χ1v) is 14.8. The van der Waals surface area contributed by atoms with Crippen LogP contribution in [0.1, 0.15) is 29.0 Å². The number of nitrogens with one attached hydrogen (secondary N) is 1. The van der Waals surface area contributed by atoms with Crippen molar-refractivity contribution in [3.63, 3.8) is 0 Å². The average molecular weight is 599 g/mol. The fourth-order valence-corrected chi connectivity index (χ4v) is 5.54. The summed E-state index contributed by atoms with van der Waals surface area (Å²) in [5.74, 6) is -0.601. The molecule has 3 aromatic rings. The number of aliphatic hydroxyl groups is 1. The van der Waals surface area contributed by atoms with Crippen molar-refractivity contribution in [3.8, 4) is 11.5 Å². The minimum absolute atomic E-state index is 0.0990. The summed E-state index contributed by atoms with van der Waals surface area (Å²) in [6.07, 6.45) is 0.145. The maximum atomic E-state index is 13.7. The van der Waals surface area contributed by atoms with Crippen molar-refractivity contribution in [3.05, 3.63) is 89.0 Å². The van der Waals surface area contributed by atoms with Crippen LogP contribution in [0.4, 0.5) is 14.5 Å². The molecule has 5 rings (SSSR count). The van der Waals surface area contributed by atoms with Crippen LogP contribution in [0.5, 0.6) is 11.5 Å². The molecule has 2 aliphatic heterocycles. The normalized spacial score (nSPS) is 20.0. The lowest BCUT2D eigenvalue weighted by atomic mass is 9.85. The van der Waals surface area contributed by atoms with Gasteiger partial charge in [0.25, 0.3) is 0 Å². The van der Waals surface area contributed by atoms with E-state index in [2.05, 4.69) is 16.3 Å². The number of fused-ring (bicyclic) bond motifs is 1. The summed E-state index contributed by atoms with van der Waals surface area (Å²) in [7, 11) is 1.72. The summed E-state index contributed by atoms with van der Waals surface area (Å²) in [6, 6.07) is 17.2. The molecule has 3 atom stereocenters. The van der Waals surface area contributed by atoms with E-state index in [1.165, 1.54) is 0 Å². The van der Waals surface area contributed by atoms with Crippen LogP contribution in [0, 0.1) is 11.6 Å². The third-order valence-corrected chi connectivity index (χ3v) is 7.75. The van der Waals surface area contributed by atoms with Gasteiger partial charge in [0.2, 0.25) is 0 Å². The van der Waals surface area contributed by atoms with E-state index in [4.69, 9.17) is 23.7 Å². The molecule has 10 heteroatoms. The topological polar surface area (TPSA) is 81.7 Å². The van der Waals surface area contributed by atoms with Gasteiger partial charge in [0.05, 0.1) is 44.3 Å². The van der Waals surface area contributed by atoms with Crippen LogP contribution in [0.2, 0.25) is 0 Å². The Morgan fingerprint density at radius 2 is 1.79 bits per heavy atom. The Morgan fingerprint density at radius 3 is 2.63 bits per heavy atom. The van der Waals surface area contributed by atoms with E-state index in [0.717, 1.165) is 72.4 Å². The van der Waals surface area contributed by atoms with E-state index in [9.17, 15) is 13.9 Å². The van der Waals surface area contributed by atoms with Crippen LogP contribution in [0.3, 0.4) is 0 Å². The Balaban J connectivity index is 1.14. The highest BCUT2D eigenvalue weighted by Crippen LogP contribution is 2.34. The molecule has 8 nitrogen and oxygen atoms in total. The number of nitrogens with zero attached hydrogens (tertiary/aromatic N) is 1. The first-order chi connectivity index (χ1) is 21.0. The second kappa shape index (κ2) is 15.4. The standard InChI is InChI=1S/C33H40F2N2O6/c1-39-13-2-11-37-12-14-41-30-10-5-24(17-28(30)37)22-43-32-20-36-19-29(38)33(32)25-6-3-23(4-7-25)21-40-15-16-42-31-18-26(34)8-9-27(31)35/h3-10,17-18,29,32-33,36,38H,2,11-16,19-22H2,1H3/t29-,32+,33+/m1/s1. The molecule has 2 aliphatic rings. The molecule has 0 spiro atoms. The van der Waals surface area contributed by atoms with Gasteiger partial charge in [-0.05, 0) is 47.4 Å². The smallest absolute Gasteiger partial charge is 0.165 e. The lowest BCUT2D eigenvalue weighted by Gasteiger charge is -2.36. The Morgan fingerprint density at radius 1 is 0.953 bits per heavy atom. The number of β-amino-alcohol motifs (C(OH)–C–C–N with tert-alkyl or cyclic N) is 1. The third kappa shape index (κ3) is 8.43. The van der Waals surface area contributed by atoms with Crippen LogP contribution in [0.25, 0.3) is 0 Å². The number of hydrogen-bond acceptors (Lipinski definition) is 8. The largest absolute Gasteiger partial charge is 0.490 e. The van der Waals surface area contributed by atoms with E-state index in [0.29, 0.717) is 32.9 Å². The Labute approximate surface area is 251 Å². The van der Waals surface area contributed by atoms with Gasteiger partial charge in [0.15, 0.2) is 11.6 Å². The van der Waals surface area contributed by atoms with Gasteiger partial charge in [-0.15, -0.1) is 0 Å². The van der Waals surface area contributed by atoms with Gasteiger partial charge in [0, 0.05) is 45.3 Å². The maximum absolute atomic E-state index is 13.7. The van der Waals surface area contributed by atoms with Gasteiger partial charge in [-0.25, -0.2) is 8.78 Å². The molecule has 3 aromatic carbocycles. The van der Waals surface area contributed by atoms with Gasteiger partial charge in [0.1, 0.15) is 24.8 Å². The quantitative estimate of drug-likeness (QED) is 0.264. The Kier molecular flexibility index (Phi) is 11.2. The minimum Gasteiger partial charge on any atom is -0.490 e. The van der Waals surface area contributed by atoms with Gasteiger partial charge < -0.3 is 39.0 Å². The van der Waals surface area contributed by atoms with Gasteiger partial charge in [-0.2, -0.15) is 0 Å². The second-order valence-electron chi connectivity index (χ2n) is 10.8. The second-order valence-corrected chi connectivity index (χ2v) is 10.8. The number of aliphatic hydroxyl groups excluding tert-OH is 1. The molecule has 0 bridgehead atoms. The van der Waals surface area contributed by atoms with Gasteiger partial charge in [-0.1, -0.05) is 30.3 Å². The number of halogens is 2. The van der Waals surface area contributed by atoms with E-state index in [-0.39, 0.29) is 31.0 Å². The van der Waals surface area contributed by atoms with Crippen molar-refractivity contribution < 1.29 is 37.6 Å². The molecule has 0 aromatic heterocycles. The van der Waals surface area contributed by atoms with Crippen molar-refractivity contribution in [2.45, 2.75) is 37.8 Å². The van der Waals surface area contributed by atoms with Crippen molar-refractivity contribution >= 4 is 5.69 Å². The number of hydrogen-bond donors (Lipinski definition) is 2. The first kappa shape index (κ1) is 31.2. The molecule has 232 valence electrons. The van der Waals surface area contributed by atoms with Gasteiger partial charge >= 0.3 is 0 Å². The fourth-order valence-electron chi connectivity index (χ4n) is 5.54. The SMILES string of the molecule is COCCCN1CCOc2ccc(CO[C@H]3CNC[C@@H](O)[C@@H]3c3ccc(COCCOc4cc(F)ccc4F)cc3)cc21. The lowest BCUT2D eigenvalue weighted by molar-refractivity contribution is -0.0328. The molecule has 2 heterocycles. The highest BCUT2D eigenvalue weighted by molar-refractivity contribution is 5.61. The van der Waals surface area contributed by atoms with Crippen molar-refractivity contribution in [1.82, 2.24) is 5.32 Å². The Hall–Kier alpha value is -3.28. The summed E-state index contributed by atoms with van der Waals surface area (Å²) in [4.78, 5) is 2.33. The predicted octanol–water partition coefficient (Wildman–Crippen LogP) is 4.43. The first-order valence-electron chi connectivity index (χ1n) is 14.8. The third-order valence-electron chi connectivity index (χ3n) is 7.75. The number of ether oxygens (including phenoxy) is 5. The molecule has 43 heavy (non-hydrogen) atoms. The fraction of sp³-hybridized carbons (Fsp3) is 0.455. The summed E-state index contributed by atoms with van der Waals surface area (Å²) < 4.78 is 55.4. The van der Waals surface area contributed by atoms with Crippen molar-refractivity contribution in [1.29, 1.82) is 0 Å². The van der Waals surface area contributed by atoms with E-state index in [1.54, 1.807) is 7.11 Å². The molecular formula is C33H40F2N2O6. The van der Waals surface area contributed by atoms with Crippen LogP contribution < -0.4 is 19.7 Å². The van der Waals surface area contributed by atoms with E-state index in [1.807, 2.05) is 36.4 Å². The Bertz CT molecular complexity index is 1310. The van der Waals surface area contributed by atoms with Crippen LogP contribution >= 0.6 is 0 Å². The summed E-state index contributed by atoms with van der Waals surface area (Å²) in [6.45, 7) is 5.34. The van der Waals surface area contributed by atoms with Crippen molar-refractivity contribution in [2.24, 2.45) is 0 Å². The molecule has 1 saturated heterocycles. The molecule has 0 unspecified atom stereocenters. The maximum Gasteiger partial charge on any atom is 0.165 e. The number of benzene rings is 3. The monoisotopic (exact) mass is 598 g/mol. The number of anilines is 1. The predicted molar refractivity (Wildman–Crippen MR) is 159 cm³/mol. The molecule has 0 radical (unpaired) electrons. The minimum atomic E-state index is -0.614. The lowest BCUT2D eigenvalue weighted by Crippen LogP contribution is -2.49. The summed E-state index contributed by atoms with van der Waals surface area (Å²) in [5.41, 5.74) is 4.08. The number of methoxy groups -OCH3 is 1. The van der Waals surface area contributed by atoms with Crippen LogP contribution in [-0.4, -0.2) is 77.0 Å². The van der Waals surface area contributed by atoms with E-state index >= 15 is 0 Å². The summed E-state index contributed by atoms with van der Waals surface area (Å²) in [5, 5.41) is 14.2. The zero-order valence-electron chi connectivity index (χ0n) is 24.5. The zero-order valence-corrected chi connectivity index (χ0v) is 24.5. The highest BCUT2D eigenvalue weighted by Gasteiger charge is 2.34. The van der Waals surface area contributed by atoms with Crippen LogP contribution in [-0.2, 0) is 27.4 Å². The molecule has 0 saturated carbocycles. The molecular weight excluding hydrogens is 558 g/mol. The highest BCUT2D eigenvalue weighted by atomic mass is 19.1. The molecule has 1 fully saturated rings. The van der Waals surface area contributed by atoms with Crippen LogP contribution in [0.15, 0.2) is 60.7 Å². The van der Waals surface area contributed by atoms with Crippen molar-refractivity contribution in [2.75, 3.05) is 64.6 Å². The molecule has 2 N–H and O–H groups in total. The zero-order chi connectivity index (χ0) is 30.0. The summed E-state index contributed by atoms with van der Waals surface area (Å²) >= 11 is 0. The average Bonchev–Trinajstić information content (AvgIpc) is 3.02. The number of rotatable bonds is 14. The van der Waals surface area contributed by atoms with Gasteiger partial charge in [-0.3, -0.25) is 0 Å².